The topological polar surface area (TPSA) is 61.0 Å². The molecule has 1 aliphatic heterocycles. The highest BCUT2D eigenvalue weighted by molar-refractivity contribution is 7.16. The summed E-state index contributed by atoms with van der Waals surface area (Å²) >= 11 is 1.60. The molecule has 0 unspecified atom stereocenters. The average molecular weight is 304 g/mol. The van der Waals surface area contributed by atoms with Crippen LogP contribution in [-0.4, -0.2) is 27.7 Å². The smallest absolute Gasteiger partial charge is 0.317 e. The number of hydrogen-bond acceptors (Lipinski definition) is 3. The van der Waals surface area contributed by atoms with Crippen LogP contribution < -0.4 is 5.32 Å². The zero-order valence-electron chi connectivity index (χ0n) is 12.6. The van der Waals surface area contributed by atoms with Gasteiger partial charge in [0.25, 0.3) is 0 Å². The number of aryl methyl sites for hydroxylation is 3. The van der Waals surface area contributed by atoms with Crippen molar-refractivity contribution in [1.29, 1.82) is 0 Å². The van der Waals surface area contributed by atoms with Crippen molar-refractivity contribution in [3.05, 3.63) is 34.0 Å². The maximum absolute atomic E-state index is 12.5. The zero-order valence-corrected chi connectivity index (χ0v) is 13.4. The van der Waals surface area contributed by atoms with Gasteiger partial charge in [0.15, 0.2) is 0 Å². The Labute approximate surface area is 128 Å². The molecule has 112 valence electrons. The van der Waals surface area contributed by atoms with Crippen LogP contribution in [-0.2, 0) is 0 Å². The van der Waals surface area contributed by atoms with Crippen molar-refractivity contribution in [3.63, 3.8) is 0 Å². The molecule has 1 aliphatic rings. The van der Waals surface area contributed by atoms with Gasteiger partial charge in [-0.05, 0) is 45.7 Å². The van der Waals surface area contributed by atoms with E-state index in [1.165, 1.54) is 10.4 Å². The standard InChI is InChI=1S/C15H20N4OS/c1-9-6-7-13(21-9)16-15(20)19-8-4-5-12(19)14-10(2)17-18-11(14)3/h6-7,12H,4-5,8H2,1-3H3,(H,16,20)(H,17,18)/t12-/m0/s1. The highest BCUT2D eigenvalue weighted by Crippen LogP contribution is 2.35. The Balaban J connectivity index is 1.79. The summed E-state index contributed by atoms with van der Waals surface area (Å²) in [6.45, 7) is 6.85. The molecule has 5 nitrogen and oxygen atoms in total. The summed E-state index contributed by atoms with van der Waals surface area (Å²) in [7, 11) is 0. The maximum Gasteiger partial charge on any atom is 0.322 e. The van der Waals surface area contributed by atoms with Crippen molar-refractivity contribution >= 4 is 22.4 Å². The van der Waals surface area contributed by atoms with Gasteiger partial charge in [0, 0.05) is 22.7 Å². The van der Waals surface area contributed by atoms with E-state index in [4.69, 9.17) is 0 Å². The molecule has 0 saturated carbocycles. The first-order valence-electron chi connectivity index (χ1n) is 7.22. The summed E-state index contributed by atoms with van der Waals surface area (Å²) in [5.74, 6) is 0. The molecule has 0 bridgehead atoms. The first-order valence-corrected chi connectivity index (χ1v) is 8.03. The van der Waals surface area contributed by atoms with Crippen molar-refractivity contribution in [1.82, 2.24) is 15.1 Å². The van der Waals surface area contributed by atoms with Crippen LogP contribution in [0, 0.1) is 20.8 Å². The van der Waals surface area contributed by atoms with Crippen LogP contribution in [0.2, 0.25) is 0 Å². The molecule has 0 aliphatic carbocycles. The van der Waals surface area contributed by atoms with Crippen LogP contribution in [0.3, 0.4) is 0 Å². The number of nitrogens with zero attached hydrogens (tertiary/aromatic N) is 2. The van der Waals surface area contributed by atoms with Crippen LogP contribution >= 0.6 is 11.3 Å². The van der Waals surface area contributed by atoms with Crippen LogP contribution in [0.1, 0.15) is 40.7 Å². The second-order valence-electron chi connectivity index (χ2n) is 5.54. The number of carbonyl (C=O) groups excluding carboxylic acids is 1. The summed E-state index contributed by atoms with van der Waals surface area (Å²) in [5, 5.41) is 11.2. The number of thiophene rings is 1. The molecule has 1 fully saturated rings. The predicted octanol–water partition coefficient (Wildman–Crippen LogP) is 3.77. The van der Waals surface area contributed by atoms with E-state index in [0.717, 1.165) is 35.8 Å². The van der Waals surface area contributed by atoms with E-state index in [0.29, 0.717) is 0 Å². The van der Waals surface area contributed by atoms with Gasteiger partial charge in [-0.1, -0.05) is 0 Å². The Morgan fingerprint density at radius 1 is 1.43 bits per heavy atom. The summed E-state index contributed by atoms with van der Waals surface area (Å²) in [6.07, 6.45) is 2.03. The molecule has 2 amide bonds. The Kier molecular flexibility index (Phi) is 3.71. The van der Waals surface area contributed by atoms with E-state index < -0.39 is 0 Å². The number of H-pyrrole nitrogens is 1. The molecule has 1 atom stereocenters. The first-order chi connectivity index (χ1) is 10.1. The Hall–Kier alpha value is -1.82. The molecule has 2 aromatic rings. The molecule has 3 heterocycles. The average Bonchev–Trinajstić information content (AvgIpc) is 3.12. The third-order valence-corrected chi connectivity index (χ3v) is 4.92. The fraction of sp³-hybridized carbons (Fsp3) is 0.467. The highest BCUT2D eigenvalue weighted by atomic mass is 32.1. The number of amides is 2. The summed E-state index contributed by atoms with van der Waals surface area (Å²) < 4.78 is 0. The normalized spacial score (nSPS) is 18.2. The molecule has 2 N–H and O–H groups in total. The molecular formula is C15H20N4OS. The first kappa shape index (κ1) is 14.1. The lowest BCUT2D eigenvalue weighted by Crippen LogP contribution is -2.34. The van der Waals surface area contributed by atoms with Crippen molar-refractivity contribution in [3.8, 4) is 0 Å². The molecule has 0 radical (unpaired) electrons. The van der Waals surface area contributed by atoms with Gasteiger partial charge in [-0.2, -0.15) is 5.10 Å². The molecule has 21 heavy (non-hydrogen) atoms. The Morgan fingerprint density at radius 3 is 2.86 bits per heavy atom. The van der Waals surface area contributed by atoms with E-state index in [1.54, 1.807) is 11.3 Å². The Bertz CT molecular complexity index is 641. The van der Waals surface area contributed by atoms with Gasteiger partial charge in [-0.25, -0.2) is 4.79 Å². The van der Waals surface area contributed by atoms with Gasteiger partial charge in [-0.15, -0.1) is 11.3 Å². The fourth-order valence-corrected chi connectivity index (χ4v) is 3.80. The van der Waals surface area contributed by atoms with E-state index in [-0.39, 0.29) is 12.1 Å². The van der Waals surface area contributed by atoms with Crippen molar-refractivity contribution in [2.24, 2.45) is 0 Å². The number of aromatic amines is 1. The molecular weight excluding hydrogens is 284 g/mol. The van der Waals surface area contributed by atoms with E-state index >= 15 is 0 Å². The van der Waals surface area contributed by atoms with Gasteiger partial charge < -0.3 is 4.90 Å². The zero-order chi connectivity index (χ0) is 15.0. The van der Waals surface area contributed by atoms with Crippen molar-refractivity contribution in [2.75, 3.05) is 11.9 Å². The second-order valence-corrected chi connectivity index (χ2v) is 6.83. The predicted molar refractivity (Wildman–Crippen MR) is 84.8 cm³/mol. The van der Waals surface area contributed by atoms with Crippen LogP contribution in [0.4, 0.5) is 9.80 Å². The summed E-state index contributed by atoms with van der Waals surface area (Å²) in [4.78, 5) is 15.7. The lowest BCUT2D eigenvalue weighted by atomic mass is 10.0. The number of hydrogen-bond donors (Lipinski definition) is 2. The molecule has 6 heteroatoms. The van der Waals surface area contributed by atoms with Crippen LogP contribution in [0.15, 0.2) is 12.1 Å². The largest absolute Gasteiger partial charge is 0.322 e. The lowest BCUT2D eigenvalue weighted by molar-refractivity contribution is 0.207. The number of aromatic nitrogens is 2. The number of likely N-dealkylation sites (tertiary alicyclic amines) is 1. The monoisotopic (exact) mass is 304 g/mol. The fourth-order valence-electron chi connectivity index (χ4n) is 3.04. The minimum atomic E-state index is -0.0145. The third kappa shape index (κ3) is 2.68. The van der Waals surface area contributed by atoms with E-state index in [9.17, 15) is 4.79 Å². The number of urea groups is 1. The lowest BCUT2D eigenvalue weighted by Gasteiger charge is -2.25. The molecule has 2 aromatic heterocycles. The maximum atomic E-state index is 12.5. The molecule has 1 saturated heterocycles. The number of nitrogens with one attached hydrogen (secondary N) is 2. The Morgan fingerprint density at radius 2 is 2.24 bits per heavy atom. The summed E-state index contributed by atoms with van der Waals surface area (Å²) in [5.41, 5.74) is 3.22. The van der Waals surface area contributed by atoms with Gasteiger partial charge in [0.05, 0.1) is 16.7 Å². The van der Waals surface area contributed by atoms with E-state index in [2.05, 4.69) is 15.5 Å². The SMILES string of the molecule is Cc1ccc(NC(=O)N2CCC[C@H]2c2c(C)n[nH]c2C)s1. The quantitative estimate of drug-likeness (QED) is 0.887. The van der Waals surface area contributed by atoms with Crippen LogP contribution in [0.25, 0.3) is 0 Å². The summed E-state index contributed by atoms with van der Waals surface area (Å²) in [6, 6.07) is 4.09. The minimum absolute atomic E-state index is 0.0145. The minimum Gasteiger partial charge on any atom is -0.317 e. The van der Waals surface area contributed by atoms with Crippen LogP contribution in [0.5, 0.6) is 0 Å². The van der Waals surface area contributed by atoms with Gasteiger partial charge in [-0.3, -0.25) is 10.4 Å². The second kappa shape index (κ2) is 5.52. The van der Waals surface area contributed by atoms with Gasteiger partial charge in [0.1, 0.15) is 0 Å². The number of carbonyl (C=O) groups is 1. The van der Waals surface area contributed by atoms with Gasteiger partial charge >= 0.3 is 6.03 Å². The highest BCUT2D eigenvalue weighted by Gasteiger charge is 2.33. The third-order valence-electron chi connectivity index (χ3n) is 4.00. The van der Waals surface area contributed by atoms with E-state index in [1.807, 2.05) is 37.8 Å². The number of anilines is 1. The molecule has 0 spiro atoms. The van der Waals surface area contributed by atoms with Crippen molar-refractivity contribution in [2.45, 2.75) is 39.7 Å². The van der Waals surface area contributed by atoms with Gasteiger partial charge in [0.2, 0.25) is 0 Å². The number of rotatable bonds is 2. The van der Waals surface area contributed by atoms with Crippen molar-refractivity contribution < 1.29 is 4.79 Å². The molecule has 3 rings (SSSR count). The molecule has 0 aromatic carbocycles.